The summed E-state index contributed by atoms with van der Waals surface area (Å²) in [5.41, 5.74) is 3.65. The summed E-state index contributed by atoms with van der Waals surface area (Å²) in [7, 11) is 0. The van der Waals surface area contributed by atoms with Gasteiger partial charge in [0.25, 0.3) is 0 Å². The van der Waals surface area contributed by atoms with Gasteiger partial charge < -0.3 is 10.0 Å². The van der Waals surface area contributed by atoms with Crippen LogP contribution < -0.4 is 4.90 Å². The standard InChI is InChI=1S/C16H15N3O2/c20-16(21)15-17-12(10-4-2-1-3-5-10)14-13(18-15)11-6-8-19(14)9-7-11/h1-5,11H,6-9H2,(H,20,21). The van der Waals surface area contributed by atoms with Crippen LogP contribution in [0.5, 0.6) is 0 Å². The molecule has 3 aliphatic heterocycles. The lowest BCUT2D eigenvalue weighted by Crippen LogP contribution is -2.40. The molecule has 1 fully saturated rings. The first kappa shape index (κ1) is 12.3. The van der Waals surface area contributed by atoms with E-state index in [1.165, 1.54) is 0 Å². The molecule has 5 nitrogen and oxygen atoms in total. The molecular formula is C16H15N3O2. The summed E-state index contributed by atoms with van der Waals surface area (Å²) in [5, 5.41) is 9.29. The van der Waals surface area contributed by atoms with Crippen LogP contribution in [0.2, 0.25) is 0 Å². The monoisotopic (exact) mass is 281 g/mol. The Bertz CT molecular complexity index is 707. The zero-order valence-electron chi connectivity index (χ0n) is 11.5. The minimum absolute atomic E-state index is 0.0960. The van der Waals surface area contributed by atoms with Crippen molar-refractivity contribution in [1.29, 1.82) is 0 Å². The van der Waals surface area contributed by atoms with Gasteiger partial charge in [-0.1, -0.05) is 30.3 Å². The first-order valence-electron chi connectivity index (χ1n) is 7.19. The van der Waals surface area contributed by atoms with Crippen molar-refractivity contribution in [3.8, 4) is 11.3 Å². The van der Waals surface area contributed by atoms with E-state index in [0.29, 0.717) is 5.92 Å². The highest BCUT2D eigenvalue weighted by molar-refractivity contribution is 5.87. The second-order valence-electron chi connectivity index (χ2n) is 5.56. The number of carboxylic acid groups (broad SMARTS) is 1. The molecule has 1 saturated heterocycles. The molecule has 1 aromatic heterocycles. The third-order valence-corrected chi connectivity index (χ3v) is 4.35. The maximum absolute atomic E-state index is 11.3. The van der Waals surface area contributed by atoms with Gasteiger partial charge in [0, 0.05) is 24.6 Å². The molecule has 5 heteroatoms. The molecule has 1 N–H and O–H groups in total. The largest absolute Gasteiger partial charge is 0.475 e. The molecule has 0 amide bonds. The average molecular weight is 281 g/mol. The van der Waals surface area contributed by atoms with Crippen molar-refractivity contribution in [3.63, 3.8) is 0 Å². The van der Waals surface area contributed by atoms with E-state index < -0.39 is 5.97 Å². The van der Waals surface area contributed by atoms with Crippen LogP contribution >= 0.6 is 0 Å². The smallest absolute Gasteiger partial charge is 0.373 e. The predicted molar refractivity (Wildman–Crippen MR) is 78.6 cm³/mol. The fourth-order valence-corrected chi connectivity index (χ4v) is 3.34. The number of hydrogen-bond acceptors (Lipinski definition) is 4. The van der Waals surface area contributed by atoms with Crippen LogP contribution in [0, 0.1) is 0 Å². The molecule has 2 bridgehead atoms. The second kappa shape index (κ2) is 4.55. The maximum Gasteiger partial charge on any atom is 0.373 e. The van der Waals surface area contributed by atoms with Gasteiger partial charge >= 0.3 is 5.97 Å². The lowest BCUT2D eigenvalue weighted by atomic mass is 9.85. The average Bonchev–Trinajstić information content (AvgIpc) is 2.55. The van der Waals surface area contributed by atoms with Gasteiger partial charge in [-0.05, 0) is 12.8 Å². The van der Waals surface area contributed by atoms with E-state index in [1.807, 2.05) is 30.3 Å². The van der Waals surface area contributed by atoms with Crippen LogP contribution in [-0.4, -0.2) is 34.1 Å². The number of carboxylic acids is 1. The zero-order chi connectivity index (χ0) is 14.4. The van der Waals surface area contributed by atoms with Gasteiger partial charge in [-0.3, -0.25) is 0 Å². The van der Waals surface area contributed by atoms with Gasteiger partial charge in [0.05, 0.1) is 17.1 Å². The van der Waals surface area contributed by atoms with Gasteiger partial charge in [-0.25, -0.2) is 14.8 Å². The molecule has 0 spiro atoms. The number of nitrogens with zero attached hydrogens (tertiary/aromatic N) is 3. The SMILES string of the molecule is O=C(O)c1nc(-c2ccccc2)c2c(n1)C1CCN2CC1. The number of rotatable bonds is 2. The molecule has 2 aromatic rings. The molecule has 3 aliphatic rings. The normalized spacial score (nSPS) is 16.9. The summed E-state index contributed by atoms with van der Waals surface area (Å²) in [6.07, 6.45) is 2.11. The minimum Gasteiger partial charge on any atom is -0.475 e. The third-order valence-electron chi connectivity index (χ3n) is 4.35. The van der Waals surface area contributed by atoms with Crippen molar-refractivity contribution >= 4 is 11.7 Å². The maximum atomic E-state index is 11.3. The van der Waals surface area contributed by atoms with Gasteiger partial charge in [0.2, 0.25) is 5.82 Å². The van der Waals surface area contributed by atoms with E-state index in [9.17, 15) is 9.90 Å². The lowest BCUT2D eigenvalue weighted by Gasteiger charge is -2.42. The molecule has 0 atom stereocenters. The predicted octanol–water partition coefficient (Wildman–Crippen LogP) is 2.54. The highest BCUT2D eigenvalue weighted by Gasteiger charge is 2.35. The first-order chi connectivity index (χ1) is 10.2. The molecule has 0 unspecified atom stereocenters. The van der Waals surface area contributed by atoms with E-state index >= 15 is 0 Å². The van der Waals surface area contributed by atoms with Crippen LogP contribution in [-0.2, 0) is 0 Å². The van der Waals surface area contributed by atoms with Crippen molar-refractivity contribution in [3.05, 3.63) is 41.9 Å². The summed E-state index contributed by atoms with van der Waals surface area (Å²) in [5.74, 6) is -0.790. The van der Waals surface area contributed by atoms with E-state index in [1.54, 1.807) is 0 Å². The van der Waals surface area contributed by atoms with Gasteiger partial charge in [0.15, 0.2) is 0 Å². The second-order valence-corrected chi connectivity index (χ2v) is 5.56. The Hall–Kier alpha value is -2.43. The number of carbonyl (C=O) groups is 1. The van der Waals surface area contributed by atoms with Gasteiger partial charge in [-0.15, -0.1) is 0 Å². The van der Waals surface area contributed by atoms with Gasteiger partial charge in [0.1, 0.15) is 0 Å². The fraction of sp³-hybridized carbons (Fsp3) is 0.312. The zero-order valence-corrected chi connectivity index (χ0v) is 11.5. The Balaban J connectivity index is 1.99. The number of aromatic nitrogens is 2. The number of fused-ring (bicyclic) bond motifs is 2. The first-order valence-corrected chi connectivity index (χ1v) is 7.19. The van der Waals surface area contributed by atoms with Crippen LogP contribution in [0.1, 0.15) is 35.1 Å². The van der Waals surface area contributed by atoms with Gasteiger partial charge in [-0.2, -0.15) is 0 Å². The Morgan fingerprint density at radius 1 is 1.14 bits per heavy atom. The number of benzene rings is 1. The Morgan fingerprint density at radius 3 is 2.52 bits per heavy atom. The van der Waals surface area contributed by atoms with E-state index in [-0.39, 0.29) is 5.82 Å². The van der Waals surface area contributed by atoms with Crippen molar-refractivity contribution in [2.75, 3.05) is 18.0 Å². The summed E-state index contributed by atoms with van der Waals surface area (Å²) in [4.78, 5) is 22.3. The summed E-state index contributed by atoms with van der Waals surface area (Å²) < 4.78 is 0. The summed E-state index contributed by atoms with van der Waals surface area (Å²) in [6.45, 7) is 2.01. The van der Waals surface area contributed by atoms with Crippen molar-refractivity contribution < 1.29 is 9.90 Å². The molecule has 0 saturated carbocycles. The molecule has 106 valence electrons. The highest BCUT2D eigenvalue weighted by atomic mass is 16.4. The molecule has 4 heterocycles. The van der Waals surface area contributed by atoms with Crippen LogP contribution in [0.25, 0.3) is 11.3 Å². The molecular weight excluding hydrogens is 266 g/mol. The van der Waals surface area contributed by atoms with Crippen LogP contribution in [0.4, 0.5) is 5.69 Å². The molecule has 5 rings (SSSR count). The van der Waals surface area contributed by atoms with Crippen molar-refractivity contribution in [1.82, 2.24) is 9.97 Å². The Morgan fingerprint density at radius 2 is 1.86 bits per heavy atom. The van der Waals surface area contributed by atoms with E-state index in [2.05, 4.69) is 14.9 Å². The van der Waals surface area contributed by atoms with Crippen LogP contribution in [0.3, 0.4) is 0 Å². The quantitative estimate of drug-likeness (QED) is 0.916. The molecule has 0 aliphatic carbocycles. The third kappa shape index (κ3) is 1.88. The number of aromatic carboxylic acids is 1. The van der Waals surface area contributed by atoms with E-state index in [0.717, 1.165) is 48.6 Å². The number of hydrogen-bond donors (Lipinski definition) is 1. The highest BCUT2D eigenvalue weighted by Crippen LogP contribution is 2.45. The summed E-state index contributed by atoms with van der Waals surface area (Å²) in [6, 6.07) is 9.78. The molecule has 21 heavy (non-hydrogen) atoms. The Kier molecular flexibility index (Phi) is 2.67. The lowest BCUT2D eigenvalue weighted by molar-refractivity contribution is 0.0683. The van der Waals surface area contributed by atoms with Crippen molar-refractivity contribution in [2.24, 2.45) is 0 Å². The van der Waals surface area contributed by atoms with E-state index in [4.69, 9.17) is 0 Å². The van der Waals surface area contributed by atoms with Crippen molar-refractivity contribution in [2.45, 2.75) is 18.8 Å². The minimum atomic E-state index is -1.06. The molecule has 0 radical (unpaired) electrons. The topological polar surface area (TPSA) is 66.3 Å². The fourth-order valence-electron chi connectivity index (χ4n) is 3.34. The number of piperidine rings is 1. The molecule has 1 aromatic carbocycles. The Labute approximate surface area is 122 Å². The number of anilines is 1. The summed E-state index contributed by atoms with van der Waals surface area (Å²) >= 11 is 0. The van der Waals surface area contributed by atoms with Crippen LogP contribution in [0.15, 0.2) is 30.3 Å².